The fourth-order valence-electron chi connectivity index (χ4n) is 2.82. The summed E-state index contributed by atoms with van der Waals surface area (Å²) < 4.78 is 1.61. The van der Waals surface area contributed by atoms with Crippen molar-refractivity contribution in [1.29, 1.82) is 0 Å². The maximum atomic E-state index is 12.2. The van der Waals surface area contributed by atoms with Gasteiger partial charge in [0, 0.05) is 12.6 Å². The molecular weight excluding hydrogens is 278 g/mol. The molecule has 4 rings (SSSR count). The van der Waals surface area contributed by atoms with Crippen LogP contribution in [0.4, 0.5) is 0 Å². The third-order valence-corrected chi connectivity index (χ3v) is 3.92. The molecule has 22 heavy (non-hydrogen) atoms. The minimum absolute atomic E-state index is 0.149. The van der Waals surface area contributed by atoms with Crippen LogP contribution in [0.1, 0.15) is 18.7 Å². The molecule has 6 heteroatoms. The van der Waals surface area contributed by atoms with E-state index in [1.165, 1.54) is 6.20 Å². The van der Waals surface area contributed by atoms with Crippen LogP contribution in [0.15, 0.2) is 47.5 Å². The Hall–Kier alpha value is -2.76. The van der Waals surface area contributed by atoms with Gasteiger partial charge in [0.2, 0.25) is 0 Å². The van der Waals surface area contributed by atoms with E-state index in [1.807, 2.05) is 18.2 Å². The summed E-state index contributed by atoms with van der Waals surface area (Å²) in [6.07, 6.45) is 10.6. The van der Waals surface area contributed by atoms with Gasteiger partial charge in [-0.3, -0.25) is 4.79 Å². The van der Waals surface area contributed by atoms with Crippen molar-refractivity contribution in [1.82, 2.24) is 24.7 Å². The first-order chi connectivity index (χ1) is 10.8. The summed E-state index contributed by atoms with van der Waals surface area (Å²) in [5.74, 6) is 1.81. The Morgan fingerprint density at radius 2 is 2.32 bits per heavy atom. The molecule has 110 valence electrons. The number of nitrogens with zero attached hydrogens (tertiary/aromatic N) is 4. The van der Waals surface area contributed by atoms with E-state index in [-0.39, 0.29) is 5.56 Å². The lowest BCUT2D eigenvalue weighted by molar-refractivity contribution is 0.608. The van der Waals surface area contributed by atoms with Crippen molar-refractivity contribution in [2.75, 3.05) is 0 Å². The molecule has 1 unspecified atom stereocenters. The molecule has 0 fully saturated rings. The Balaban J connectivity index is 1.81. The highest BCUT2D eigenvalue weighted by molar-refractivity contribution is 5.74. The molecule has 0 saturated carbocycles. The van der Waals surface area contributed by atoms with Crippen LogP contribution in [0, 0.1) is 5.92 Å². The van der Waals surface area contributed by atoms with E-state index in [9.17, 15) is 4.79 Å². The number of aromatic amines is 1. The zero-order valence-corrected chi connectivity index (χ0v) is 11.9. The molecule has 0 amide bonds. The largest absolute Gasteiger partial charge is 0.310 e. The van der Waals surface area contributed by atoms with Crippen molar-refractivity contribution in [2.24, 2.45) is 5.92 Å². The summed E-state index contributed by atoms with van der Waals surface area (Å²) in [5, 5.41) is 4.74. The number of H-pyrrole nitrogens is 1. The first kappa shape index (κ1) is 12.9. The fraction of sp³-hybridized carbons (Fsp3) is 0.250. The van der Waals surface area contributed by atoms with Crippen molar-refractivity contribution < 1.29 is 0 Å². The maximum absolute atomic E-state index is 12.2. The highest BCUT2D eigenvalue weighted by Crippen LogP contribution is 2.20. The van der Waals surface area contributed by atoms with Crippen LogP contribution in [0.5, 0.6) is 0 Å². The van der Waals surface area contributed by atoms with E-state index < -0.39 is 0 Å². The number of nitrogens with one attached hydrogen (secondary N) is 1. The van der Waals surface area contributed by atoms with Crippen LogP contribution >= 0.6 is 0 Å². The van der Waals surface area contributed by atoms with Gasteiger partial charge in [0.05, 0.1) is 6.20 Å². The van der Waals surface area contributed by atoms with Gasteiger partial charge < -0.3 is 4.98 Å². The van der Waals surface area contributed by atoms with E-state index in [2.05, 4.69) is 32.2 Å². The summed E-state index contributed by atoms with van der Waals surface area (Å²) in [6, 6.07) is 5.56. The first-order valence-corrected chi connectivity index (χ1v) is 7.36. The molecule has 3 heterocycles. The van der Waals surface area contributed by atoms with Crippen molar-refractivity contribution in [2.45, 2.75) is 19.3 Å². The molecule has 1 aliphatic rings. The van der Waals surface area contributed by atoms with Gasteiger partial charge in [-0.2, -0.15) is 9.78 Å². The van der Waals surface area contributed by atoms with Gasteiger partial charge in [0.15, 0.2) is 11.5 Å². The van der Waals surface area contributed by atoms with Crippen LogP contribution in [0.2, 0.25) is 0 Å². The zero-order valence-electron chi connectivity index (χ0n) is 11.9. The molecule has 0 saturated heterocycles. The van der Waals surface area contributed by atoms with Gasteiger partial charge in [-0.05, 0) is 30.9 Å². The number of allylic oxidation sites excluding steroid dienone is 2. The third-order valence-electron chi connectivity index (χ3n) is 3.92. The zero-order chi connectivity index (χ0) is 14.9. The minimum atomic E-state index is -0.149. The van der Waals surface area contributed by atoms with E-state index in [4.69, 9.17) is 0 Å². The lowest BCUT2D eigenvalue weighted by Gasteiger charge is -2.07. The molecule has 6 nitrogen and oxygen atoms in total. The normalized spacial score (nSPS) is 17.4. The summed E-state index contributed by atoms with van der Waals surface area (Å²) in [6.45, 7) is 0. The molecule has 0 aromatic carbocycles. The van der Waals surface area contributed by atoms with Crippen LogP contribution in [-0.4, -0.2) is 24.7 Å². The van der Waals surface area contributed by atoms with E-state index >= 15 is 0 Å². The highest BCUT2D eigenvalue weighted by Gasteiger charge is 2.15. The third kappa shape index (κ3) is 2.22. The van der Waals surface area contributed by atoms with Crippen molar-refractivity contribution in [3.63, 3.8) is 0 Å². The average molecular weight is 293 g/mol. The Kier molecular flexibility index (Phi) is 3.07. The summed E-state index contributed by atoms with van der Waals surface area (Å²) in [5.41, 5.74) is 0.406. The van der Waals surface area contributed by atoms with Crippen LogP contribution in [0.25, 0.3) is 16.9 Å². The van der Waals surface area contributed by atoms with Gasteiger partial charge >= 0.3 is 0 Å². The first-order valence-electron chi connectivity index (χ1n) is 7.36. The molecule has 3 aromatic rings. The Morgan fingerprint density at radius 3 is 3.09 bits per heavy atom. The van der Waals surface area contributed by atoms with Gasteiger partial charge in [-0.15, -0.1) is 0 Å². The monoisotopic (exact) mass is 293 g/mol. The second-order valence-electron chi connectivity index (χ2n) is 5.46. The molecule has 0 aliphatic heterocycles. The van der Waals surface area contributed by atoms with Gasteiger partial charge in [-0.25, -0.2) is 9.97 Å². The van der Waals surface area contributed by atoms with Crippen molar-refractivity contribution >= 4 is 11.0 Å². The Bertz CT molecular complexity index is 894. The van der Waals surface area contributed by atoms with E-state index in [0.29, 0.717) is 28.6 Å². The van der Waals surface area contributed by atoms with Gasteiger partial charge in [-0.1, -0.05) is 18.2 Å². The second kappa shape index (κ2) is 5.22. The number of pyridine rings is 1. The quantitative estimate of drug-likeness (QED) is 0.749. The summed E-state index contributed by atoms with van der Waals surface area (Å²) in [4.78, 5) is 24.0. The predicted octanol–water partition coefficient (Wildman–Crippen LogP) is 2.01. The smallest absolute Gasteiger partial charge is 0.262 e. The number of fused-ring (bicyclic) bond motifs is 1. The fourth-order valence-corrected chi connectivity index (χ4v) is 2.82. The highest BCUT2D eigenvalue weighted by atomic mass is 16.1. The maximum Gasteiger partial charge on any atom is 0.262 e. The molecule has 0 radical (unpaired) electrons. The van der Waals surface area contributed by atoms with Gasteiger partial charge in [0.1, 0.15) is 11.2 Å². The lowest BCUT2D eigenvalue weighted by atomic mass is 10.1. The predicted molar refractivity (Wildman–Crippen MR) is 82.8 cm³/mol. The molecule has 3 aromatic heterocycles. The van der Waals surface area contributed by atoms with Crippen LogP contribution < -0.4 is 5.56 Å². The average Bonchev–Trinajstić information content (AvgIpc) is 3.18. The Morgan fingerprint density at radius 1 is 1.36 bits per heavy atom. The lowest BCUT2D eigenvalue weighted by Crippen LogP contribution is -2.14. The molecule has 0 bridgehead atoms. The summed E-state index contributed by atoms with van der Waals surface area (Å²) in [7, 11) is 0. The topological polar surface area (TPSA) is 76.5 Å². The number of hydrogen-bond donors (Lipinski definition) is 1. The molecule has 0 spiro atoms. The minimum Gasteiger partial charge on any atom is -0.310 e. The van der Waals surface area contributed by atoms with Crippen LogP contribution in [0.3, 0.4) is 0 Å². The standard InChI is InChI=1S/C16H15N5O/c22-16-12-10-18-21(14-7-3-4-8-17-14)15(12)19-13(20-16)9-11-5-1-2-6-11/h1,3-5,7-8,10-11H,2,6,9H2,(H,19,20,22). The van der Waals surface area contributed by atoms with Gasteiger partial charge in [0.25, 0.3) is 5.56 Å². The van der Waals surface area contributed by atoms with Crippen LogP contribution in [-0.2, 0) is 6.42 Å². The molecular formula is C16H15N5O. The number of hydrogen-bond acceptors (Lipinski definition) is 4. The molecule has 1 aliphatic carbocycles. The SMILES string of the molecule is O=c1[nH]c(CC2C=CCC2)nc2c1cnn2-c1ccccn1. The number of aromatic nitrogens is 5. The summed E-state index contributed by atoms with van der Waals surface area (Å²) >= 11 is 0. The van der Waals surface area contributed by atoms with Crippen molar-refractivity contribution in [3.05, 3.63) is 58.9 Å². The molecule has 1 N–H and O–H groups in total. The van der Waals surface area contributed by atoms with E-state index in [1.54, 1.807) is 10.9 Å². The van der Waals surface area contributed by atoms with Crippen molar-refractivity contribution in [3.8, 4) is 5.82 Å². The van der Waals surface area contributed by atoms with E-state index in [0.717, 1.165) is 19.3 Å². The number of rotatable bonds is 3. The second-order valence-corrected chi connectivity index (χ2v) is 5.46. The molecule has 1 atom stereocenters. The Labute approximate surface area is 126 Å².